The van der Waals surface area contributed by atoms with Crippen molar-refractivity contribution in [3.8, 4) is 11.5 Å². The van der Waals surface area contributed by atoms with Crippen LogP contribution in [0.5, 0.6) is 11.5 Å². The summed E-state index contributed by atoms with van der Waals surface area (Å²) in [5, 5.41) is 2.78. The number of ether oxygens (including phenoxy) is 2. The van der Waals surface area contributed by atoms with Gasteiger partial charge in [-0.3, -0.25) is 4.79 Å². The lowest BCUT2D eigenvalue weighted by Crippen LogP contribution is -2.07. The third-order valence-corrected chi connectivity index (χ3v) is 3.76. The Hall–Kier alpha value is -2.75. The molecule has 2 rings (SSSR count). The molecule has 2 aromatic rings. The van der Waals surface area contributed by atoms with Crippen LogP contribution in [-0.4, -0.2) is 20.1 Å². The Balaban J connectivity index is 1.93. The number of hydrogen-bond donors (Lipinski definition) is 1. The number of amides is 1. The first-order chi connectivity index (χ1) is 11.7. The number of anilines is 1. The number of hydrogen-bond acceptors (Lipinski definition) is 3. The topological polar surface area (TPSA) is 47.6 Å². The summed E-state index contributed by atoms with van der Waals surface area (Å²) in [6.07, 6.45) is 4.16. The Morgan fingerprint density at radius 3 is 2.42 bits per heavy atom. The maximum Gasteiger partial charge on any atom is 0.247 e. The number of rotatable bonds is 8. The second-order valence-corrected chi connectivity index (χ2v) is 5.44. The monoisotopic (exact) mass is 325 g/mol. The molecule has 1 N–H and O–H groups in total. The Kier molecular flexibility index (Phi) is 6.43. The molecule has 0 bridgehead atoms. The van der Waals surface area contributed by atoms with Crippen molar-refractivity contribution in [2.45, 2.75) is 19.3 Å². The molecule has 0 unspecified atom stereocenters. The third kappa shape index (κ3) is 4.88. The largest absolute Gasteiger partial charge is 0.493 e. The van der Waals surface area contributed by atoms with E-state index in [2.05, 4.69) is 24.0 Å². The molecule has 0 saturated carbocycles. The SMILES string of the molecule is C=CC(=O)Nc1cccc(CCCc2ccc(OC)c(OC)c2)c1. The smallest absolute Gasteiger partial charge is 0.247 e. The van der Waals surface area contributed by atoms with Crippen molar-refractivity contribution in [1.29, 1.82) is 0 Å². The van der Waals surface area contributed by atoms with Crippen LogP contribution in [0.25, 0.3) is 0 Å². The zero-order chi connectivity index (χ0) is 17.4. The lowest BCUT2D eigenvalue weighted by Gasteiger charge is -2.10. The summed E-state index contributed by atoms with van der Waals surface area (Å²) in [7, 11) is 3.28. The van der Waals surface area contributed by atoms with Gasteiger partial charge in [-0.2, -0.15) is 0 Å². The summed E-state index contributed by atoms with van der Waals surface area (Å²) in [4.78, 5) is 11.4. The maximum atomic E-state index is 11.4. The highest BCUT2D eigenvalue weighted by atomic mass is 16.5. The lowest BCUT2D eigenvalue weighted by atomic mass is 10.0. The van der Waals surface area contributed by atoms with E-state index in [0.717, 1.165) is 36.4 Å². The Morgan fingerprint density at radius 2 is 1.75 bits per heavy atom. The number of aryl methyl sites for hydroxylation is 2. The molecule has 0 aliphatic heterocycles. The summed E-state index contributed by atoms with van der Waals surface area (Å²) >= 11 is 0. The number of carbonyl (C=O) groups excluding carboxylic acids is 1. The van der Waals surface area contributed by atoms with Gasteiger partial charge in [-0.1, -0.05) is 24.8 Å². The van der Waals surface area contributed by atoms with Crippen molar-refractivity contribution in [2.75, 3.05) is 19.5 Å². The second-order valence-electron chi connectivity index (χ2n) is 5.44. The fourth-order valence-electron chi connectivity index (χ4n) is 2.53. The van der Waals surface area contributed by atoms with Gasteiger partial charge in [0.05, 0.1) is 14.2 Å². The maximum absolute atomic E-state index is 11.4. The van der Waals surface area contributed by atoms with E-state index in [1.54, 1.807) is 14.2 Å². The molecular weight excluding hydrogens is 302 g/mol. The molecule has 0 radical (unpaired) electrons. The molecule has 1 amide bonds. The highest BCUT2D eigenvalue weighted by molar-refractivity contribution is 5.98. The van der Waals surface area contributed by atoms with E-state index in [1.165, 1.54) is 17.2 Å². The van der Waals surface area contributed by atoms with Gasteiger partial charge in [-0.25, -0.2) is 0 Å². The molecule has 0 saturated heterocycles. The minimum atomic E-state index is -0.197. The van der Waals surface area contributed by atoms with E-state index in [4.69, 9.17) is 9.47 Å². The number of methoxy groups -OCH3 is 2. The molecule has 2 aromatic carbocycles. The standard InChI is InChI=1S/C20H23NO3/c1-4-20(22)21-17-10-6-9-15(13-17)7-5-8-16-11-12-18(23-2)19(14-16)24-3/h4,6,9-14H,1,5,7-8H2,2-3H3,(H,21,22). The fourth-order valence-corrected chi connectivity index (χ4v) is 2.53. The molecule has 0 aliphatic rings. The first-order valence-electron chi connectivity index (χ1n) is 7.89. The zero-order valence-electron chi connectivity index (χ0n) is 14.2. The van der Waals surface area contributed by atoms with E-state index in [-0.39, 0.29) is 5.91 Å². The van der Waals surface area contributed by atoms with Crippen LogP contribution in [0.15, 0.2) is 55.1 Å². The predicted molar refractivity (Wildman–Crippen MR) is 96.8 cm³/mol. The highest BCUT2D eigenvalue weighted by Gasteiger charge is 2.05. The minimum absolute atomic E-state index is 0.197. The normalized spacial score (nSPS) is 10.1. The van der Waals surface area contributed by atoms with Crippen molar-refractivity contribution in [1.82, 2.24) is 0 Å². The summed E-state index contributed by atoms with van der Waals surface area (Å²) in [5.41, 5.74) is 3.20. The van der Waals surface area contributed by atoms with Gasteiger partial charge in [-0.15, -0.1) is 0 Å². The minimum Gasteiger partial charge on any atom is -0.493 e. The Morgan fingerprint density at radius 1 is 1.04 bits per heavy atom. The van der Waals surface area contributed by atoms with Crippen molar-refractivity contribution >= 4 is 11.6 Å². The van der Waals surface area contributed by atoms with Crippen LogP contribution in [0.2, 0.25) is 0 Å². The van der Waals surface area contributed by atoms with E-state index >= 15 is 0 Å². The fraction of sp³-hybridized carbons (Fsp3) is 0.250. The van der Waals surface area contributed by atoms with Gasteiger partial charge in [0.25, 0.3) is 0 Å². The average Bonchev–Trinajstić information content (AvgIpc) is 2.61. The summed E-state index contributed by atoms with van der Waals surface area (Å²) < 4.78 is 10.6. The number of nitrogens with one attached hydrogen (secondary N) is 1. The molecule has 0 heterocycles. The Labute approximate surface area is 143 Å². The first-order valence-corrected chi connectivity index (χ1v) is 7.89. The van der Waals surface area contributed by atoms with Gasteiger partial charge >= 0.3 is 0 Å². The molecule has 0 fully saturated rings. The van der Waals surface area contributed by atoms with Crippen molar-refractivity contribution in [2.24, 2.45) is 0 Å². The quantitative estimate of drug-likeness (QED) is 0.746. The molecule has 24 heavy (non-hydrogen) atoms. The average molecular weight is 325 g/mol. The van der Waals surface area contributed by atoms with Crippen LogP contribution in [0, 0.1) is 0 Å². The lowest BCUT2D eigenvalue weighted by molar-refractivity contribution is -0.111. The Bertz CT molecular complexity index is 710. The van der Waals surface area contributed by atoms with Crippen molar-refractivity contribution in [3.05, 3.63) is 66.2 Å². The number of carbonyl (C=O) groups is 1. The van der Waals surface area contributed by atoms with Crippen LogP contribution >= 0.6 is 0 Å². The van der Waals surface area contributed by atoms with Gasteiger partial charge in [0.1, 0.15) is 0 Å². The van der Waals surface area contributed by atoms with Crippen LogP contribution in [0.1, 0.15) is 17.5 Å². The molecule has 0 atom stereocenters. The first kappa shape index (κ1) is 17.6. The van der Waals surface area contributed by atoms with Crippen LogP contribution in [0.3, 0.4) is 0 Å². The third-order valence-electron chi connectivity index (χ3n) is 3.76. The van der Waals surface area contributed by atoms with Gasteiger partial charge < -0.3 is 14.8 Å². The van der Waals surface area contributed by atoms with Crippen LogP contribution < -0.4 is 14.8 Å². The molecule has 126 valence electrons. The summed E-state index contributed by atoms with van der Waals surface area (Å²) in [6.45, 7) is 3.46. The summed E-state index contributed by atoms with van der Waals surface area (Å²) in [6, 6.07) is 13.9. The summed E-state index contributed by atoms with van der Waals surface area (Å²) in [5.74, 6) is 1.30. The molecule has 4 nitrogen and oxygen atoms in total. The van der Waals surface area contributed by atoms with E-state index in [1.807, 2.05) is 30.3 Å². The molecule has 4 heteroatoms. The highest BCUT2D eigenvalue weighted by Crippen LogP contribution is 2.28. The predicted octanol–water partition coefficient (Wildman–Crippen LogP) is 4.00. The van der Waals surface area contributed by atoms with E-state index in [0.29, 0.717) is 0 Å². The molecular formula is C20H23NO3. The van der Waals surface area contributed by atoms with Gasteiger partial charge in [0, 0.05) is 5.69 Å². The van der Waals surface area contributed by atoms with Gasteiger partial charge in [0.2, 0.25) is 5.91 Å². The molecule has 0 aliphatic carbocycles. The zero-order valence-corrected chi connectivity index (χ0v) is 14.2. The molecule has 0 aromatic heterocycles. The number of benzene rings is 2. The van der Waals surface area contributed by atoms with Crippen LogP contribution in [-0.2, 0) is 17.6 Å². The second kappa shape index (κ2) is 8.77. The van der Waals surface area contributed by atoms with E-state index in [9.17, 15) is 4.79 Å². The van der Waals surface area contributed by atoms with Crippen molar-refractivity contribution in [3.63, 3.8) is 0 Å². The van der Waals surface area contributed by atoms with Crippen molar-refractivity contribution < 1.29 is 14.3 Å². The van der Waals surface area contributed by atoms with Gasteiger partial charge in [-0.05, 0) is 60.7 Å². The van der Waals surface area contributed by atoms with Gasteiger partial charge in [0.15, 0.2) is 11.5 Å². The van der Waals surface area contributed by atoms with Crippen LogP contribution in [0.4, 0.5) is 5.69 Å². The van der Waals surface area contributed by atoms with E-state index < -0.39 is 0 Å². The molecule has 0 spiro atoms.